The number of hydrogen-bond donors (Lipinski definition) is 2. The molecule has 0 atom stereocenters. The van der Waals surface area contributed by atoms with Crippen molar-refractivity contribution in [2.24, 2.45) is 0 Å². The van der Waals surface area contributed by atoms with Gasteiger partial charge in [-0.05, 0) is 35.7 Å². The number of rotatable bonds is 5. The van der Waals surface area contributed by atoms with E-state index in [-0.39, 0.29) is 17.2 Å². The van der Waals surface area contributed by atoms with Crippen LogP contribution in [0, 0.1) is 11.3 Å². The van der Waals surface area contributed by atoms with Crippen LogP contribution in [0.1, 0.15) is 30.9 Å². The summed E-state index contributed by atoms with van der Waals surface area (Å²) < 4.78 is 38.8. The molecule has 0 radical (unpaired) electrons. The third-order valence-corrected chi connectivity index (χ3v) is 4.18. The average Bonchev–Trinajstić information content (AvgIpc) is 2.63. The van der Waals surface area contributed by atoms with Crippen molar-refractivity contribution in [3.05, 3.63) is 70.4 Å². The molecule has 2 aromatic rings. The van der Waals surface area contributed by atoms with E-state index in [9.17, 15) is 23.2 Å². The zero-order valence-electron chi connectivity index (χ0n) is 15.1. The number of amides is 1. The second-order valence-electron chi connectivity index (χ2n) is 6.20. The van der Waals surface area contributed by atoms with E-state index in [1.54, 1.807) is 18.2 Å². The number of carbonyl (C=O) groups is 1. The standard InChI is InChI=1S/C20H17ClF3N3O/c1-12(2)15-5-3-4-6-18(15)26-11-13(10-25)19(28)27-14-7-8-17(21)16(9-14)20(22,23)24/h3-9,11-12,26H,1-2H3,(H,27,28)/b13-11-. The number of anilines is 2. The Labute approximate surface area is 165 Å². The van der Waals surface area contributed by atoms with E-state index < -0.39 is 22.7 Å². The van der Waals surface area contributed by atoms with E-state index in [1.165, 1.54) is 12.3 Å². The van der Waals surface area contributed by atoms with Gasteiger partial charge in [0.1, 0.15) is 11.6 Å². The number of alkyl halides is 3. The molecule has 0 heterocycles. The van der Waals surface area contributed by atoms with Gasteiger partial charge in [0, 0.05) is 17.6 Å². The first-order valence-electron chi connectivity index (χ1n) is 8.27. The van der Waals surface area contributed by atoms with E-state index in [0.29, 0.717) is 0 Å². The fraction of sp³-hybridized carbons (Fsp3) is 0.200. The average molecular weight is 408 g/mol. The fourth-order valence-electron chi connectivity index (χ4n) is 2.45. The van der Waals surface area contributed by atoms with Crippen LogP contribution in [0.5, 0.6) is 0 Å². The number of benzene rings is 2. The minimum Gasteiger partial charge on any atom is -0.360 e. The van der Waals surface area contributed by atoms with Gasteiger partial charge in [-0.3, -0.25) is 4.79 Å². The highest BCUT2D eigenvalue weighted by Crippen LogP contribution is 2.36. The Balaban J connectivity index is 2.21. The maximum atomic E-state index is 12.9. The molecule has 0 unspecified atom stereocenters. The van der Waals surface area contributed by atoms with Gasteiger partial charge < -0.3 is 10.6 Å². The lowest BCUT2D eigenvalue weighted by Gasteiger charge is -2.13. The third kappa shape index (κ3) is 5.27. The summed E-state index contributed by atoms with van der Waals surface area (Å²) in [5.41, 5.74) is 0.235. The Hall–Kier alpha value is -2.98. The second kappa shape index (κ2) is 8.81. The van der Waals surface area contributed by atoms with E-state index in [0.717, 1.165) is 23.4 Å². The second-order valence-corrected chi connectivity index (χ2v) is 6.61. The Morgan fingerprint density at radius 3 is 2.50 bits per heavy atom. The van der Waals surface area contributed by atoms with Crippen molar-refractivity contribution in [1.29, 1.82) is 5.26 Å². The fourth-order valence-corrected chi connectivity index (χ4v) is 2.67. The lowest BCUT2D eigenvalue weighted by Crippen LogP contribution is -2.15. The summed E-state index contributed by atoms with van der Waals surface area (Å²) in [4.78, 5) is 12.3. The molecule has 0 aromatic heterocycles. The molecule has 0 fully saturated rings. The quantitative estimate of drug-likeness (QED) is 0.476. The largest absolute Gasteiger partial charge is 0.417 e. The summed E-state index contributed by atoms with van der Waals surface area (Å²) in [6.07, 6.45) is -3.44. The first-order chi connectivity index (χ1) is 13.1. The number of carbonyl (C=O) groups excluding carboxylic acids is 1. The molecule has 2 rings (SSSR count). The molecular formula is C20H17ClF3N3O. The summed E-state index contributed by atoms with van der Waals surface area (Å²) in [7, 11) is 0. The zero-order chi connectivity index (χ0) is 20.9. The van der Waals surface area contributed by atoms with Gasteiger partial charge in [0.05, 0.1) is 10.6 Å². The van der Waals surface area contributed by atoms with Crippen molar-refractivity contribution < 1.29 is 18.0 Å². The predicted octanol–water partition coefficient (Wildman–Crippen LogP) is 5.94. The summed E-state index contributed by atoms with van der Waals surface area (Å²) in [5.74, 6) is -0.626. The summed E-state index contributed by atoms with van der Waals surface area (Å²) in [5, 5.41) is 13.9. The van der Waals surface area contributed by atoms with Crippen molar-refractivity contribution in [3.8, 4) is 6.07 Å². The minimum absolute atomic E-state index is 0.120. The van der Waals surface area contributed by atoms with Gasteiger partial charge >= 0.3 is 6.18 Å². The van der Waals surface area contributed by atoms with Gasteiger partial charge in [0.2, 0.25) is 0 Å². The van der Waals surface area contributed by atoms with Crippen LogP contribution >= 0.6 is 11.6 Å². The zero-order valence-corrected chi connectivity index (χ0v) is 15.8. The van der Waals surface area contributed by atoms with E-state index in [2.05, 4.69) is 10.6 Å². The topological polar surface area (TPSA) is 64.9 Å². The summed E-state index contributed by atoms with van der Waals surface area (Å²) in [6, 6.07) is 12.1. The van der Waals surface area contributed by atoms with Crippen molar-refractivity contribution in [1.82, 2.24) is 0 Å². The maximum Gasteiger partial charge on any atom is 0.417 e. The molecule has 0 spiro atoms. The smallest absolute Gasteiger partial charge is 0.360 e. The normalized spacial score (nSPS) is 11.9. The molecule has 0 aliphatic rings. The molecule has 8 heteroatoms. The van der Waals surface area contributed by atoms with Crippen LogP contribution in [0.25, 0.3) is 0 Å². The van der Waals surface area contributed by atoms with Crippen LogP contribution < -0.4 is 10.6 Å². The SMILES string of the molecule is CC(C)c1ccccc1N/C=C(/C#N)C(=O)Nc1ccc(Cl)c(C(F)(F)F)c1. The van der Waals surface area contributed by atoms with Gasteiger partial charge in [-0.2, -0.15) is 18.4 Å². The highest BCUT2D eigenvalue weighted by atomic mass is 35.5. The first kappa shape index (κ1) is 21.3. The highest BCUT2D eigenvalue weighted by Gasteiger charge is 2.33. The first-order valence-corrected chi connectivity index (χ1v) is 8.65. The van der Waals surface area contributed by atoms with Crippen molar-refractivity contribution in [2.45, 2.75) is 25.9 Å². The van der Waals surface area contributed by atoms with E-state index in [4.69, 9.17) is 11.6 Å². The van der Waals surface area contributed by atoms with Gasteiger partial charge in [0.25, 0.3) is 5.91 Å². The van der Waals surface area contributed by atoms with Crippen molar-refractivity contribution in [2.75, 3.05) is 10.6 Å². The molecule has 4 nitrogen and oxygen atoms in total. The minimum atomic E-state index is -4.66. The van der Waals surface area contributed by atoms with E-state index in [1.807, 2.05) is 26.0 Å². The number of nitrogens with zero attached hydrogens (tertiary/aromatic N) is 1. The van der Waals surface area contributed by atoms with Crippen molar-refractivity contribution in [3.63, 3.8) is 0 Å². The van der Waals surface area contributed by atoms with Crippen LogP contribution in [0.3, 0.4) is 0 Å². The molecule has 2 aromatic carbocycles. The molecule has 28 heavy (non-hydrogen) atoms. The Kier molecular flexibility index (Phi) is 6.71. The molecule has 2 N–H and O–H groups in total. The molecule has 0 saturated heterocycles. The lowest BCUT2D eigenvalue weighted by molar-refractivity contribution is -0.137. The van der Waals surface area contributed by atoms with Crippen LogP contribution in [-0.2, 0) is 11.0 Å². The number of nitriles is 1. The highest BCUT2D eigenvalue weighted by molar-refractivity contribution is 6.31. The summed E-state index contributed by atoms with van der Waals surface area (Å²) >= 11 is 5.56. The lowest BCUT2D eigenvalue weighted by atomic mass is 10.0. The molecule has 0 saturated carbocycles. The van der Waals surface area contributed by atoms with Gasteiger partial charge in [-0.1, -0.05) is 43.6 Å². The number of halogens is 4. The molecule has 0 aliphatic carbocycles. The molecule has 0 bridgehead atoms. The van der Waals surface area contributed by atoms with Crippen LogP contribution in [0.15, 0.2) is 54.2 Å². The van der Waals surface area contributed by atoms with Crippen molar-refractivity contribution >= 4 is 28.9 Å². The number of hydrogen-bond acceptors (Lipinski definition) is 3. The van der Waals surface area contributed by atoms with Crippen LogP contribution in [-0.4, -0.2) is 5.91 Å². The summed E-state index contributed by atoms with van der Waals surface area (Å²) in [6.45, 7) is 4.00. The molecule has 146 valence electrons. The number of para-hydroxylation sites is 1. The molecule has 0 aliphatic heterocycles. The Morgan fingerprint density at radius 1 is 1.21 bits per heavy atom. The van der Waals surface area contributed by atoms with Gasteiger partial charge in [-0.15, -0.1) is 0 Å². The molecule has 1 amide bonds. The van der Waals surface area contributed by atoms with E-state index >= 15 is 0 Å². The van der Waals surface area contributed by atoms with Gasteiger partial charge in [0.15, 0.2) is 0 Å². The maximum absolute atomic E-state index is 12.9. The Bertz CT molecular complexity index is 946. The Morgan fingerprint density at radius 2 is 1.89 bits per heavy atom. The van der Waals surface area contributed by atoms with Gasteiger partial charge in [-0.25, -0.2) is 0 Å². The number of nitrogens with one attached hydrogen (secondary N) is 2. The van der Waals surface area contributed by atoms with Crippen LogP contribution in [0.2, 0.25) is 5.02 Å². The third-order valence-electron chi connectivity index (χ3n) is 3.85. The monoisotopic (exact) mass is 407 g/mol. The molecular weight excluding hydrogens is 391 g/mol. The predicted molar refractivity (Wildman–Crippen MR) is 103 cm³/mol. The van der Waals surface area contributed by atoms with Crippen LogP contribution in [0.4, 0.5) is 24.5 Å².